The third-order valence-corrected chi connectivity index (χ3v) is 5.21. The molecule has 2 amide bonds. The quantitative estimate of drug-likeness (QED) is 0.763. The zero-order valence-corrected chi connectivity index (χ0v) is 16.2. The highest BCUT2D eigenvalue weighted by Gasteiger charge is 2.23. The summed E-state index contributed by atoms with van der Waals surface area (Å²) >= 11 is 0. The molecule has 1 aliphatic rings. The van der Waals surface area contributed by atoms with E-state index in [1.54, 1.807) is 31.1 Å². The van der Waals surface area contributed by atoms with Crippen molar-refractivity contribution >= 4 is 22.7 Å². The van der Waals surface area contributed by atoms with E-state index in [1.807, 2.05) is 36.4 Å². The maximum Gasteiger partial charge on any atom is 0.253 e. The first kappa shape index (κ1) is 18.2. The van der Waals surface area contributed by atoms with Gasteiger partial charge in [0.25, 0.3) is 11.8 Å². The van der Waals surface area contributed by atoms with Gasteiger partial charge in [0.2, 0.25) is 0 Å². The lowest BCUT2D eigenvalue weighted by molar-refractivity contribution is 0.0827. The first-order valence-corrected chi connectivity index (χ1v) is 9.54. The van der Waals surface area contributed by atoms with Gasteiger partial charge in [0.05, 0.1) is 11.1 Å². The Morgan fingerprint density at radius 3 is 2.54 bits per heavy atom. The Hall–Kier alpha value is -3.21. The summed E-state index contributed by atoms with van der Waals surface area (Å²) in [5.74, 6) is -0.0976. The Labute approximate surface area is 164 Å². The summed E-state index contributed by atoms with van der Waals surface area (Å²) < 4.78 is 0. The molecule has 3 aromatic rings. The van der Waals surface area contributed by atoms with Crippen LogP contribution in [0.2, 0.25) is 0 Å². The molecule has 0 fully saturated rings. The van der Waals surface area contributed by atoms with Crippen molar-refractivity contribution in [3.05, 3.63) is 76.5 Å². The molecule has 0 bridgehead atoms. The molecular formula is C23H23N3O2. The Morgan fingerprint density at radius 1 is 1.04 bits per heavy atom. The number of benzene rings is 2. The molecule has 0 radical (unpaired) electrons. The van der Waals surface area contributed by atoms with Gasteiger partial charge < -0.3 is 10.2 Å². The van der Waals surface area contributed by atoms with E-state index in [4.69, 9.17) is 4.98 Å². The van der Waals surface area contributed by atoms with Crippen LogP contribution in [0.25, 0.3) is 10.9 Å². The molecule has 0 unspecified atom stereocenters. The summed E-state index contributed by atoms with van der Waals surface area (Å²) in [6, 6.07) is 15.2. The van der Waals surface area contributed by atoms with E-state index in [-0.39, 0.29) is 11.8 Å². The molecule has 0 spiro atoms. The summed E-state index contributed by atoms with van der Waals surface area (Å²) in [7, 11) is 3.46. The number of rotatable bonds is 4. The molecule has 5 heteroatoms. The molecule has 142 valence electrons. The first-order chi connectivity index (χ1) is 13.5. The van der Waals surface area contributed by atoms with Crippen LogP contribution >= 0.6 is 0 Å². The van der Waals surface area contributed by atoms with Crippen molar-refractivity contribution in [1.29, 1.82) is 0 Å². The maximum atomic E-state index is 13.1. The lowest BCUT2D eigenvalue weighted by Crippen LogP contribution is -2.25. The number of fused-ring (bicyclic) bond motifs is 2. The van der Waals surface area contributed by atoms with E-state index in [0.29, 0.717) is 12.1 Å². The van der Waals surface area contributed by atoms with E-state index < -0.39 is 0 Å². The molecular weight excluding hydrogens is 350 g/mol. The van der Waals surface area contributed by atoms with E-state index in [0.717, 1.165) is 52.5 Å². The highest BCUT2D eigenvalue weighted by atomic mass is 16.2. The maximum absolute atomic E-state index is 13.1. The third kappa shape index (κ3) is 3.36. The standard InChI is InChI=1S/C23H23N3O2/c1-26(2)23(28)16-12-10-15(11-13-16)14-24-22(27)21-17-6-3-4-8-19(17)25-20-9-5-7-18(20)21/h3-4,6,8,10-13H,5,7,9,14H2,1-2H3,(H,24,27). The van der Waals surface area contributed by atoms with Crippen LogP contribution < -0.4 is 5.32 Å². The molecule has 5 nitrogen and oxygen atoms in total. The van der Waals surface area contributed by atoms with Gasteiger partial charge in [0.15, 0.2) is 0 Å². The molecule has 1 heterocycles. The summed E-state index contributed by atoms with van der Waals surface area (Å²) in [6.07, 6.45) is 2.87. The second kappa shape index (κ2) is 7.43. The minimum atomic E-state index is -0.0646. The fourth-order valence-electron chi connectivity index (χ4n) is 3.76. The number of carbonyl (C=O) groups is 2. The molecule has 1 N–H and O–H groups in total. The van der Waals surface area contributed by atoms with Gasteiger partial charge in [-0.05, 0) is 48.6 Å². The summed E-state index contributed by atoms with van der Waals surface area (Å²) in [5.41, 5.74) is 5.37. The fraction of sp³-hybridized carbons (Fsp3) is 0.261. The zero-order valence-electron chi connectivity index (χ0n) is 16.2. The number of nitrogens with one attached hydrogen (secondary N) is 1. The Bertz CT molecular complexity index is 1060. The highest BCUT2D eigenvalue weighted by molar-refractivity contribution is 6.07. The van der Waals surface area contributed by atoms with Crippen LogP contribution in [-0.4, -0.2) is 35.8 Å². The average Bonchev–Trinajstić information content (AvgIpc) is 3.17. The van der Waals surface area contributed by atoms with Gasteiger partial charge >= 0.3 is 0 Å². The number of hydrogen-bond acceptors (Lipinski definition) is 3. The number of para-hydroxylation sites is 1. The van der Waals surface area contributed by atoms with Gasteiger partial charge in [-0.15, -0.1) is 0 Å². The summed E-state index contributed by atoms with van der Waals surface area (Å²) in [5, 5.41) is 3.96. The largest absolute Gasteiger partial charge is 0.348 e. The Kier molecular flexibility index (Phi) is 4.82. The van der Waals surface area contributed by atoms with Crippen LogP contribution in [0.15, 0.2) is 48.5 Å². The van der Waals surface area contributed by atoms with Crippen LogP contribution in [0.4, 0.5) is 0 Å². The minimum absolute atomic E-state index is 0.0330. The monoisotopic (exact) mass is 373 g/mol. The molecule has 0 atom stereocenters. The summed E-state index contributed by atoms with van der Waals surface area (Å²) in [6.45, 7) is 0.417. The second-order valence-corrected chi connectivity index (χ2v) is 7.36. The zero-order chi connectivity index (χ0) is 19.7. The van der Waals surface area contributed by atoms with E-state index in [9.17, 15) is 9.59 Å². The van der Waals surface area contributed by atoms with Gasteiger partial charge in [-0.25, -0.2) is 0 Å². The van der Waals surface area contributed by atoms with Gasteiger partial charge in [0.1, 0.15) is 0 Å². The van der Waals surface area contributed by atoms with Crippen LogP contribution in [0, 0.1) is 0 Å². The number of aryl methyl sites for hydroxylation is 1. The first-order valence-electron chi connectivity index (χ1n) is 9.54. The van der Waals surface area contributed by atoms with Gasteiger partial charge in [-0.2, -0.15) is 0 Å². The average molecular weight is 373 g/mol. The van der Waals surface area contributed by atoms with Crippen LogP contribution in [0.1, 0.15) is 44.0 Å². The molecule has 1 aromatic heterocycles. The topological polar surface area (TPSA) is 62.3 Å². The van der Waals surface area contributed by atoms with Crippen LogP contribution in [-0.2, 0) is 19.4 Å². The highest BCUT2D eigenvalue weighted by Crippen LogP contribution is 2.29. The summed E-state index contributed by atoms with van der Waals surface area (Å²) in [4.78, 5) is 31.3. The lowest BCUT2D eigenvalue weighted by Gasteiger charge is -2.13. The van der Waals surface area contributed by atoms with E-state index >= 15 is 0 Å². The van der Waals surface area contributed by atoms with Crippen molar-refractivity contribution in [3.8, 4) is 0 Å². The van der Waals surface area contributed by atoms with E-state index in [2.05, 4.69) is 5.32 Å². The van der Waals surface area contributed by atoms with Crippen molar-refractivity contribution in [2.24, 2.45) is 0 Å². The number of nitrogens with zero attached hydrogens (tertiary/aromatic N) is 2. The smallest absolute Gasteiger partial charge is 0.253 e. The Balaban J connectivity index is 1.56. The third-order valence-electron chi connectivity index (χ3n) is 5.21. The normalized spacial score (nSPS) is 12.6. The molecule has 0 saturated heterocycles. The lowest BCUT2D eigenvalue weighted by atomic mass is 10.0. The number of pyridine rings is 1. The number of hydrogen-bond donors (Lipinski definition) is 1. The van der Waals surface area contributed by atoms with Crippen molar-refractivity contribution < 1.29 is 9.59 Å². The van der Waals surface area contributed by atoms with Gasteiger partial charge in [0, 0.05) is 37.3 Å². The minimum Gasteiger partial charge on any atom is -0.348 e. The van der Waals surface area contributed by atoms with Crippen molar-refractivity contribution in [2.45, 2.75) is 25.8 Å². The predicted octanol–water partition coefficient (Wildman–Crippen LogP) is 3.36. The van der Waals surface area contributed by atoms with Crippen LogP contribution in [0.3, 0.4) is 0 Å². The number of amides is 2. The number of aromatic nitrogens is 1. The van der Waals surface area contributed by atoms with Gasteiger partial charge in [-0.1, -0.05) is 30.3 Å². The SMILES string of the molecule is CN(C)C(=O)c1ccc(CNC(=O)c2c3c(nc4ccccc24)CCC3)cc1. The molecule has 28 heavy (non-hydrogen) atoms. The van der Waals surface area contributed by atoms with Crippen LogP contribution in [0.5, 0.6) is 0 Å². The van der Waals surface area contributed by atoms with Crippen molar-refractivity contribution in [3.63, 3.8) is 0 Å². The van der Waals surface area contributed by atoms with E-state index in [1.165, 1.54) is 0 Å². The molecule has 0 aliphatic heterocycles. The molecule has 1 aliphatic carbocycles. The number of carbonyl (C=O) groups excluding carboxylic acids is 2. The van der Waals surface area contributed by atoms with Gasteiger partial charge in [-0.3, -0.25) is 14.6 Å². The van der Waals surface area contributed by atoms with Crippen molar-refractivity contribution in [1.82, 2.24) is 15.2 Å². The molecule has 4 rings (SSSR count). The Morgan fingerprint density at radius 2 is 1.79 bits per heavy atom. The molecule has 2 aromatic carbocycles. The second-order valence-electron chi connectivity index (χ2n) is 7.36. The molecule has 0 saturated carbocycles. The van der Waals surface area contributed by atoms with Crippen molar-refractivity contribution in [2.75, 3.05) is 14.1 Å². The predicted molar refractivity (Wildman–Crippen MR) is 109 cm³/mol. The fourth-order valence-corrected chi connectivity index (χ4v) is 3.76.